The minimum Gasteiger partial charge on any atom is -0.492 e. The SMILES string of the molecule is CC(=O)[C@@H]1C[C@H](CC(=O)OCC(=O)NCCOc2ccc3ccccc3c2)C1(C)C. The number of nitrogens with one attached hydrogen (secondary N) is 1. The Kier molecular flexibility index (Phi) is 6.75. The van der Waals surface area contributed by atoms with Crippen LogP contribution in [0.4, 0.5) is 0 Å². The molecule has 1 aliphatic rings. The van der Waals surface area contributed by atoms with E-state index in [2.05, 4.69) is 5.32 Å². The minimum atomic E-state index is -0.405. The van der Waals surface area contributed by atoms with Crippen LogP contribution in [0.2, 0.25) is 0 Å². The second kappa shape index (κ2) is 9.28. The van der Waals surface area contributed by atoms with Crippen molar-refractivity contribution in [3.05, 3.63) is 42.5 Å². The highest BCUT2D eigenvalue weighted by molar-refractivity contribution is 5.84. The maximum absolute atomic E-state index is 12.0. The summed E-state index contributed by atoms with van der Waals surface area (Å²) in [6.45, 7) is 5.93. The third kappa shape index (κ3) is 5.17. The molecule has 0 aromatic heterocycles. The molecule has 0 aliphatic heterocycles. The van der Waals surface area contributed by atoms with Gasteiger partial charge in [-0.3, -0.25) is 14.4 Å². The molecule has 30 heavy (non-hydrogen) atoms. The van der Waals surface area contributed by atoms with Crippen LogP contribution in [-0.2, 0) is 19.1 Å². The van der Waals surface area contributed by atoms with E-state index in [0.717, 1.165) is 16.5 Å². The van der Waals surface area contributed by atoms with Gasteiger partial charge in [0.2, 0.25) is 0 Å². The van der Waals surface area contributed by atoms with Gasteiger partial charge in [-0.2, -0.15) is 0 Å². The standard InChI is InChI=1S/C24H29NO5/c1-16(26)21-13-19(24(21,2)3)14-23(28)30-15-22(27)25-10-11-29-20-9-8-17-6-4-5-7-18(17)12-20/h4-9,12,19,21H,10-11,13-15H2,1-3H3,(H,25,27)/t19-,21+/m1/s1. The summed E-state index contributed by atoms with van der Waals surface area (Å²) in [5.41, 5.74) is -0.201. The number of carbonyl (C=O) groups is 3. The lowest BCUT2D eigenvalue weighted by Gasteiger charge is -2.50. The zero-order chi connectivity index (χ0) is 21.7. The smallest absolute Gasteiger partial charge is 0.306 e. The fraction of sp³-hybridized carbons (Fsp3) is 0.458. The van der Waals surface area contributed by atoms with Gasteiger partial charge in [0.15, 0.2) is 6.61 Å². The fourth-order valence-corrected chi connectivity index (χ4v) is 4.13. The normalized spacial score (nSPS) is 19.6. The molecule has 6 nitrogen and oxygen atoms in total. The zero-order valence-corrected chi connectivity index (χ0v) is 17.8. The van der Waals surface area contributed by atoms with Crippen LogP contribution in [0.5, 0.6) is 5.75 Å². The molecule has 1 N–H and O–H groups in total. The van der Waals surface area contributed by atoms with E-state index in [9.17, 15) is 14.4 Å². The number of ketones is 1. The molecule has 1 aliphatic carbocycles. The number of carbonyl (C=O) groups excluding carboxylic acids is 3. The predicted octanol–water partition coefficient (Wildman–Crippen LogP) is 3.52. The third-order valence-electron chi connectivity index (χ3n) is 6.15. The van der Waals surface area contributed by atoms with Crippen molar-refractivity contribution in [1.82, 2.24) is 5.32 Å². The quantitative estimate of drug-likeness (QED) is 0.504. The third-order valence-corrected chi connectivity index (χ3v) is 6.15. The lowest BCUT2D eigenvalue weighted by molar-refractivity contribution is -0.156. The van der Waals surface area contributed by atoms with E-state index in [1.807, 2.05) is 56.3 Å². The van der Waals surface area contributed by atoms with Crippen molar-refractivity contribution >= 4 is 28.4 Å². The van der Waals surface area contributed by atoms with Crippen LogP contribution in [0, 0.1) is 17.3 Å². The Morgan fingerprint density at radius 1 is 1.10 bits per heavy atom. The topological polar surface area (TPSA) is 81.7 Å². The summed E-state index contributed by atoms with van der Waals surface area (Å²) in [7, 11) is 0. The van der Waals surface area contributed by atoms with Crippen molar-refractivity contribution in [1.29, 1.82) is 0 Å². The maximum atomic E-state index is 12.0. The van der Waals surface area contributed by atoms with Crippen LogP contribution in [0.3, 0.4) is 0 Å². The largest absolute Gasteiger partial charge is 0.492 e. The summed E-state index contributed by atoms with van der Waals surface area (Å²) in [6, 6.07) is 13.9. The molecule has 0 unspecified atom stereocenters. The van der Waals surface area contributed by atoms with Gasteiger partial charge in [-0.05, 0) is 47.6 Å². The van der Waals surface area contributed by atoms with Crippen LogP contribution in [0.25, 0.3) is 10.8 Å². The van der Waals surface area contributed by atoms with Gasteiger partial charge >= 0.3 is 5.97 Å². The summed E-state index contributed by atoms with van der Waals surface area (Å²) in [4.78, 5) is 35.5. The van der Waals surface area contributed by atoms with Crippen LogP contribution in [0.1, 0.15) is 33.6 Å². The first-order valence-corrected chi connectivity index (χ1v) is 10.3. The van der Waals surface area contributed by atoms with Gasteiger partial charge in [-0.1, -0.05) is 44.2 Å². The number of amides is 1. The molecule has 0 saturated heterocycles. The summed E-state index contributed by atoms with van der Waals surface area (Å²) in [5.74, 6) is 0.243. The van der Waals surface area contributed by atoms with Crippen molar-refractivity contribution in [2.24, 2.45) is 17.3 Å². The van der Waals surface area contributed by atoms with Crippen molar-refractivity contribution in [3.63, 3.8) is 0 Å². The zero-order valence-electron chi connectivity index (χ0n) is 17.8. The predicted molar refractivity (Wildman–Crippen MR) is 114 cm³/mol. The van der Waals surface area contributed by atoms with Gasteiger partial charge < -0.3 is 14.8 Å². The highest BCUT2D eigenvalue weighted by Gasteiger charge is 2.50. The Morgan fingerprint density at radius 3 is 2.53 bits per heavy atom. The number of hydrogen-bond acceptors (Lipinski definition) is 5. The second-order valence-corrected chi connectivity index (χ2v) is 8.49. The molecule has 0 bridgehead atoms. The molecule has 2 aromatic rings. The highest BCUT2D eigenvalue weighted by Crippen LogP contribution is 2.53. The van der Waals surface area contributed by atoms with Crippen molar-refractivity contribution in [2.75, 3.05) is 19.8 Å². The molecule has 6 heteroatoms. The lowest BCUT2D eigenvalue weighted by atomic mass is 9.53. The molecule has 0 spiro atoms. The monoisotopic (exact) mass is 411 g/mol. The first-order valence-electron chi connectivity index (χ1n) is 10.3. The Morgan fingerprint density at radius 2 is 1.83 bits per heavy atom. The van der Waals surface area contributed by atoms with Crippen molar-refractivity contribution < 1.29 is 23.9 Å². The van der Waals surface area contributed by atoms with Crippen LogP contribution >= 0.6 is 0 Å². The number of Topliss-reactive ketones (excluding diaryl/α,β-unsaturated/α-hetero) is 1. The van der Waals surface area contributed by atoms with Gasteiger partial charge in [0.05, 0.1) is 6.54 Å². The van der Waals surface area contributed by atoms with Gasteiger partial charge in [0.1, 0.15) is 18.1 Å². The molecule has 1 saturated carbocycles. The second-order valence-electron chi connectivity index (χ2n) is 8.49. The molecule has 0 radical (unpaired) electrons. The fourth-order valence-electron chi connectivity index (χ4n) is 4.13. The van der Waals surface area contributed by atoms with E-state index >= 15 is 0 Å². The molecule has 0 heterocycles. The van der Waals surface area contributed by atoms with Crippen molar-refractivity contribution in [3.8, 4) is 5.75 Å². The van der Waals surface area contributed by atoms with Gasteiger partial charge in [-0.15, -0.1) is 0 Å². The van der Waals surface area contributed by atoms with Gasteiger partial charge in [0.25, 0.3) is 5.91 Å². The van der Waals surface area contributed by atoms with E-state index in [0.29, 0.717) is 19.6 Å². The molecule has 2 aromatic carbocycles. The van der Waals surface area contributed by atoms with Gasteiger partial charge in [-0.25, -0.2) is 0 Å². The summed E-state index contributed by atoms with van der Waals surface area (Å²) >= 11 is 0. The van der Waals surface area contributed by atoms with Gasteiger partial charge in [0, 0.05) is 12.3 Å². The number of esters is 1. The lowest BCUT2D eigenvalue weighted by Crippen LogP contribution is -2.49. The Balaban J connectivity index is 1.32. The number of fused-ring (bicyclic) bond motifs is 1. The van der Waals surface area contributed by atoms with Crippen molar-refractivity contribution in [2.45, 2.75) is 33.6 Å². The number of ether oxygens (including phenoxy) is 2. The average molecular weight is 411 g/mol. The molecule has 1 fully saturated rings. The Bertz CT molecular complexity index is 936. The first kappa shape index (κ1) is 21.8. The molecule has 3 rings (SSSR count). The van der Waals surface area contributed by atoms with E-state index in [4.69, 9.17) is 9.47 Å². The van der Waals surface area contributed by atoms with E-state index in [-0.39, 0.29) is 42.0 Å². The van der Waals surface area contributed by atoms with Crippen LogP contribution < -0.4 is 10.1 Å². The molecule has 2 atom stereocenters. The van der Waals surface area contributed by atoms with Crippen LogP contribution in [-0.4, -0.2) is 37.4 Å². The number of rotatable bonds is 9. The maximum Gasteiger partial charge on any atom is 0.306 e. The van der Waals surface area contributed by atoms with Crippen LogP contribution in [0.15, 0.2) is 42.5 Å². The molecule has 160 valence electrons. The molecule has 1 amide bonds. The first-order chi connectivity index (χ1) is 14.3. The molecular formula is C24H29NO5. The van der Waals surface area contributed by atoms with E-state index < -0.39 is 5.97 Å². The Hall–Kier alpha value is -2.89. The summed E-state index contributed by atoms with van der Waals surface area (Å²) in [5, 5.41) is 4.91. The van der Waals surface area contributed by atoms with E-state index in [1.54, 1.807) is 6.92 Å². The average Bonchev–Trinajstić information content (AvgIpc) is 2.72. The van der Waals surface area contributed by atoms with E-state index in [1.165, 1.54) is 0 Å². The number of benzene rings is 2. The Labute approximate surface area is 176 Å². The number of hydrogen-bond donors (Lipinski definition) is 1. The summed E-state index contributed by atoms with van der Waals surface area (Å²) in [6.07, 6.45) is 0.935. The summed E-state index contributed by atoms with van der Waals surface area (Å²) < 4.78 is 10.8. The molecular weight excluding hydrogens is 382 g/mol. The highest BCUT2D eigenvalue weighted by atomic mass is 16.5. The minimum absolute atomic E-state index is 0.00111.